The molecule has 0 fully saturated rings. The van der Waals surface area contributed by atoms with E-state index < -0.39 is 53.8 Å². The van der Waals surface area contributed by atoms with Crippen LogP contribution in [-0.4, -0.2) is 69.7 Å². The third kappa shape index (κ3) is 10.7. The van der Waals surface area contributed by atoms with E-state index in [9.17, 15) is 34.2 Å². The average molecular weight is 560 g/mol. The first kappa shape index (κ1) is 31.1. The van der Waals surface area contributed by atoms with Crippen molar-refractivity contribution >= 4 is 42.2 Å². The van der Waals surface area contributed by atoms with Gasteiger partial charge in [-0.05, 0) is 29.7 Å². The van der Waals surface area contributed by atoms with Gasteiger partial charge in [-0.2, -0.15) is 12.6 Å². The van der Waals surface area contributed by atoms with Gasteiger partial charge in [-0.1, -0.05) is 42.5 Å². The highest BCUT2D eigenvalue weighted by molar-refractivity contribution is 7.80. The van der Waals surface area contributed by atoms with Crippen LogP contribution in [0, 0.1) is 0 Å². The monoisotopic (exact) mass is 559 g/mol. The number of hydrogen-bond acceptors (Lipinski definition) is 8. The Balaban J connectivity index is 2.28. The number of rotatable bonds is 15. The number of carboxylic acid groups (broad SMARTS) is 1. The highest BCUT2D eigenvalue weighted by atomic mass is 32.1. The molecule has 210 valence electrons. The van der Waals surface area contributed by atoms with Crippen molar-refractivity contribution in [1.82, 2.24) is 16.0 Å². The van der Waals surface area contributed by atoms with E-state index >= 15 is 0 Å². The molecule has 2 rings (SSSR count). The Labute approximate surface area is 230 Å². The van der Waals surface area contributed by atoms with Crippen LogP contribution < -0.4 is 27.4 Å². The van der Waals surface area contributed by atoms with Crippen LogP contribution in [0.1, 0.15) is 24.0 Å². The van der Waals surface area contributed by atoms with Gasteiger partial charge in [0.25, 0.3) is 0 Å². The number of nitrogens with one attached hydrogen (secondary N) is 3. The molecule has 0 aliphatic carbocycles. The Bertz CT molecular complexity index is 1150. The Morgan fingerprint density at radius 2 is 1.28 bits per heavy atom. The van der Waals surface area contributed by atoms with E-state index in [1.807, 2.05) is 0 Å². The zero-order chi connectivity index (χ0) is 28.9. The SMILES string of the molecule is NC(=O)CCC(NC(=O)C(N)CS)C(=O)NC(Cc1ccc(O)cc1)C(=O)NC(Cc1ccccc1)C(=O)O. The summed E-state index contributed by atoms with van der Waals surface area (Å²) in [5.74, 6) is -4.26. The van der Waals surface area contributed by atoms with Crippen LogP contribution in [-0.2, 0) is 36.8 Å². The molecule has 13 heteroatoms. The normalized spacial score (nSPS) is 13.8. The van der Waals surface area contributed by atoms with Gasteiger partial charge in [0, 0.05) is 25.0 Å². The van der Waals surface area contributed by atoms with Crippen molar-refractivity contribution in [3.05, 3.63) is 65.7 Å². The third-order valence-corrected chi connectivity index (χ3v) is 6.15. The number of hydrogen-bond donors (Lipinski definition) is 8. The molecule has 0 aromatic heterocycles. The summed E-state index contributed by atoms with van der Waals surface area (Å²) in [7, 11) is 0. The smallest absolute Gasteiger partial charge is 0.326 e. The average Bonchev–Trinajstić information content (AvgIpc) is 2.91. The molecule has 0 saturated heterocycles. The molecule has 9 N–H and O–H groups in total. The minimum Gasteiger partial charge on any atom is -0.508 e. The zero-order valence-corrected chi connectivity index (χ0v) is 22.0. The number of carbonyl (C=O) groups is 5. The summed E-state index contributed by atoms with van der Waals surface area (Å²) in [5.41, 5.74) is 12.1. The molecular formula is C26H33N5O7S. The Morgan fingerprint density at radius 1 is 0.769 bits per heavy atom. The van der Waals surface area contributed by atoms with Crippen LogP contribution >= 0.6 is 12.6 Å². The first-order valence-electron chi connectivity index (χ1n) is 12.1. The van der Waals surface area contributed by atoms with Crippen molar-refractivity contribution in [2.45, 2.75) is 49.9 Å². The lowest BCUT2D eigenvalue weighted by molar-refractivity contribution is -0.142. The van der Waals surface area contributed by atoms with Gasteiger partial charge < -0.3 is 37.6 Å². The summed E-state index contributed by atoms with van der Waals surface area (Å²) < 4.78 is 0. The third-order valence-electron chi connectivity index (χ3n) is 5.75. The van der Waals surface area contributed by atoms with E-state index in [4.69, 9.17) is 11.5 Å². The number of benzene rings is 2. The van der Waals surface area contributed by atoms with Crippen molar-refractivity contribution < 1.29 is 34.2 Å². The first-order valence-corrected chi connectivity index (χ1v) is 12.7. The van der Waals surface area contributed by atoms with Crippen LogP contribution in [0.15, 0.2) is 54.6 Å². The Kier molecular flexibility index (Phi) is 12.2. The lowest BCUT2D eigenvalue weighted by Gasteiger charge is -2.25. The standard InChI is InChI=1S/C26H33N5O7S/c27-18(14-39)23(34)29-19(10-11-22(28)33)24(35)30-20(12-16-6-8-17(32)9-7-16)25(36)31-21(26(37)38)13-15-4-2-1-3-5-15/h1-9,18-21,32,39H,10-14,27H2,(H2,28,33)(H,29,34)(H,30,35)(H,31,36)(H,37,38). The fraction of sp³-hybridized carbons (Fsp3) is 0.346. The maximum absolute atomic E-state index is 13.3. The molecule has 0 spiro atoms. The number of phenolic OH excluding ortho intramolecular Hbond substituents is 1. The van der Waals surface area contributed by atoms with Gasteiger partial charge in [-0.3, -0.25) is 19.2 Å². The van der Waals surface area contributed by atoms with Gasteiger partial charge in [0.2, 0.25) is 23.6 Å². The van der Waals surface area contributed by atoms with Crippen molar-refractivity contribution in [1.29, 1.82) is 0 Å². The first-order chi connectivity index (χ1) is 18.5. The minimum absolute atomic E-state index is 0.000133. The minimum atomic E-state index is -1.29. The van der Waals surface area contributed by atoms with Crippen LogP contribution in [0.2, 0.25) is 0 Å². The number of aliphatic carboxylic acids is 1. The maximum Gasteiger partial charge on any atom is 0.326 e. The number of thiol groups is 1. The van der Waals surface area contributed by atoms with Crippen LogP contribution in [0.5, 0.6) is 5.75 Å². The summed E-state index contributed by atoms with van der Waals surface area (Å²) in [6.07, 6.45) is -0.462. The van der Waals surface area contributed by atoms with Crippen molar-refractivity contribution in [3.63, 3.8) is 0 Å². The van der Waals surface area contributed by atoms with Gasteiger partial charge in [0.05, 0.1) is 6.04 Å². The molecule has 12 nitrogen and oxygen atoms in total. The van der Waals surface area contributed by atoms with Crippen molar-refractivity contribution in [2.75, 3.05) is 5.75 Å². The summed E-state index contributed by atoms with van der Waals surface area (Å²) in [6, 6.07) is 9.73. The highest BCUT2D eigenvalue weighted by Gasteiger charge is 2.30. The van der Waals surface area contributed by atoms with E-state index in [-0.39, 0.29) is 37.2 Å². The molecule has 0 saturated carbocycles. The van der Waals surface area contributed by atoms with Crippen molar-refractivity contribution in [3.8, 4) is 5.75 Å². The number of nitrogens with two attached hydrogens (primary N) is 2. The van der Waals surface area contributed by atoms with Gasteiger partial charge in [-0.25, -0.2) is 4.79 Å². The number of primary amides is 1. The molecule has 4 amide bonds. The number of aromatic hydroxyl groups is 1. The fourth-order valence-electron chi connectivity index (χ4n) is 3.59. The zero-order valence-electron chi connectivity index (χ0n) is 21.1. The fourth-order valence-corrected chi connectivity index (χ4v) is 3.75. The van der Waals surface area contributed by atoms with E-state index in [1.165, 1.54) is 12.1 Å². The number of amides is 4. The molecule has 0 aliphatic heterocycles. The molecule has 0 heterocycles. The molecule has 2 aromatic carbocycles. The Morgan fingerprint density at radius 3 is 1.85 bits per heavy atom. The number of carbonyl (C=O) groups excluding carboxylic acids is 4. The lowest BCUT2D eigenvalue weighted by Crippen LogP contribution is -2.58. The molecule has 39 heavy (non-hydrogen) atoms. The topological polar surface area (TPSA) is 214 Å². The summed E-state index contributed by atoms with van der Waals surface area (Å²) >= 11 is 3.96. The largest absolute Gasteiger partial charge is 0.508 e. The molecule has 0 aliphatic rings. The lowest BCUT2D eigenvalue weighted by atomic mass is 10.0. The molecule has 0 bridgehead atoms. The number of phenols is 1. The Hall–Kier alpha value is -4.10. The molecule has 4 atom stereocenters. The second kappa shape index (κ2) is 15.3. The highest BCUT2D eigenvalue weighted by Crippen LogP contribution is 2.13. The predicted octanol–water partition coefficient (Wildman–Crippen LogP) is -0.761. The van der Waals surface area contributed by atoms with Gasteiger partial charge >= 0.3 is 5.97 Å². The van der Waals surface area contributed by atoms with Gasteiger partial charge in [0.15, 0.2) is 0 Å². The van der Waals surface area contributed by atoms with E-state index in [1.54, 1.807) is 42.5 Å². The number of carboxylic acids is 1. The van der Waals surface area contributed by atoms with E-state index in [0.717, 1.165) is 0 Å². The molecule has 4 unspecified atom stereocenters. The maximum atomic E-state index is 13.3. The van der Waals surface area contributed by atoms with E-state index in [0.29, 0.717) is 11.1 Å². The second-order valence-electron chi connectivity index (χ2n) is 8.88. The predicted molar refractivity (Wildman–Crippen MR) is 146 cm³/mol. The second-order valence-corrected chi connectivity index (χ2v) is 9.24. The molecule has 2 aromatic rings. The molecule has 0 radical (unpaired) electrons. The van der Waals surface area contributed by atoms with Gasteiger partial charge in [0.1, 0.15) is 23.9 Å². The van der Waals surface area contributed by atoms with Crippen LogP contribution in [0.3, 0.4) is 0 Å². The quantitative estimate of drug-likeness (QED) is 0.130. The van der Waals surface area contributed by atoms with Crippen LogP contribution in [0.4, 0.5) is 0 Å². The molecular weight excluding hydrogens is 526 g/mol. The van der Waals surface area contributed by atoms with Crippen molar-refractivity contribution in [2.24, 2.45) is 11.5 Å². The van der Waals surface area contributed by atoms with E-state index in [2.05, 4.69) is 28.6 Å². The summed E-state index contributed by atoms with van der Waals surface area (Å²) in [4.78, 5) is 62.1. The van der Waals surface area contributed by atoms with Gasteiger partial charge in [-0.15, -0.1) is 0 Å². The van der Waals surface area contributed by atoms with Crippen LogP contribution in [0.25, 0.3) is 0 Å². The summed E-state index contributed by atoms with van der Waals surface area (Å²) in [6.45, 7) is 0. The summed E-state index contributed by atoms with van der Waals surface area (Å²) in [5, 5.41) is 26.7.